The maximum absolute atomic E-state index is 11.1. The number of aliphatic carboxylic acids is 2. The minimum Gasteiger partial charge on any atom is -0.478 e. The number of ether oxygens (including phenoxy) is 2. The summed E-state index contributed by atoms with van der Waals surface area (Å²) < 4.78 is 8.89. The number of hydrogen-bond acceptors (Lipinski definition) is 7. The van der Waals surface area contributed by atoms with Crippen LogP contribution in [0.15, 0.2) is 0 Å². The van der Waals surface area contributed by atoms with Crippen LogP contribution in [0.2, 0.25) is 0 Å². The molecular formula is C8H8O8S. The van der Waals surface area contributed by atoms with Crippen LogP contribution < -0.4 is 0 Å². The third kappa shape index (κ3) is 2.33. The lowest BCUT2D eigenvalue weighted by molar-refractivity contribution is -0.175. The molecule has 1 aliphatic rings. The summed E-state index contributed by atoms with van der Waals surface area (Å²) in [6.07, 6.45) is -1.54. The van der Waals surface area contributed by atoms with E-state index < -0.39 is 41.3 Å². The number of carboxylic acids is 2. The van der Waals surface area contributed by atoms with Gasteiger partial charge in [-0.15, -0.1) is 0 Å². The Labute approximate surface area is 98.9 Å². The van der Waals surface area contributed by atoms with Gasteiger partial charge in [0.15, 0.2) is 0 Å². The zero-order chi connectivity index (χ0) is 13.2. The van der Waals surface area contributed by atoms with E-state index in [0.29, 0.717) is 11.8 Å². The summed E-state index contributed by atoms with van der Waals surface area (Å²) in [6.45, 7) is 0. The molecule has 2 N–H and O–H groups in total. The molecule has 0 aromatic rings. The van der Waals surface area contributed by atoms with Crippen molar-refractivity contribution >= 4 is 35.0 Å². The van der Waals surface area contributed by atoms with Gasteiger partial charge in [-0.05, 0) is 18.0 Å². The number of rotatable bonds is 3. The topological polar surface area (TPSA) is 127 Å². The minimum atomic E-state index is -2.50. The first kappa shape index (κ1) is 13.3. The van der Waals surface area contributed by atoms with Gasteiger partial charge in [0.2, 0.25) is 6.10 Å². The van der Waals surface area contributed by atoms with Gasteiger partial charge in [-0.1, -0.05) is 0 Å². The second-order valence-electron chi connectivity index (χ2n) is 3.14. The number of cyclic esters (lactones) is 1. The largest absolute Gasteiger partial charge is 0.478 e. The van der Waals surface area contributed by atoms with Gasteiger partial charge >= 0.3 is 23.2 Å². The fourth-order valence-electron chi connectivity index (χ4n) is 1.34. The molecule has 1 rings (SSSR count). The van der Waals surface area contributed by atoms with Crippen LogP contribution in [-0.4, -0.2) is 51.4 Å². The molecule has 1 saturated heterocycles. The van der Waals surface area contributed by atoms with Gasteiger partial charge in [-0.3, -0.25) is 4.79 Å². The number of carbonyl (C=O) groups is 4. The van der Waals surface area contributed by atoms with Crippen LogP contribution in [0.25, 0.3) is 0 Å². The molecule has 0 radical (unpaired) electrons. The molecule has 0 aromatic heterocycles. The van der Waals surface area contributed by atoms with E-state index in [2.05, 4.69) is 9.47 Å². The zero-order valence-corrected chi connectivity index (χ0v) is 9.35. The predicted molar refractivity (Wildman–Crippen MR) is 52.5 cm³/mol. The van der Waals surface area contributed by atoms with Gasteiger partial charge in [-0.2, -0.15) is 0 Å². The molecule has 0 bridgehead atoms. The highest BCUT2D eigenvalue weighted by Crippen LogP contribution is 2.33. The fraction of sp³-hybridized carbons (Fsp3) is 0.500. The van der Waals surface area contributed by atoms with Crippen LogP contribution in [0.3, 0.4) is 0 Å². The van der Waals surface area contributed by atoms with Crippen LogP contribution in [-0.2, 0) is 23.9 Å². The van der Waals surface area contributed by atoms with Gasteiger partial charge in [0.25, 0.3) is 5.60 Å². The van der Waals surface area contributed by atoms with E-state index in [1.165, 1.54) is 6.26 Å². The van der Waals surface area contributed by atoms with Crippen molar-refractivity contribution in [1.29, 1.82) is 0 Å². The Morgan fingerprint density at radius 1 is 1.47 bits per heavy atom. The van der Waals surface area contributed by atoms with Crippen LogP contribution in [0.4, 0.5) is 4.79 Å². The van der Waals surface area contributed by atoms with Crippen molar-refractivity contribution in [3.8, 4) is 0 Å². The van der Waals surface area contributed by atoms with Crippen molar-refractivity contribution in [2.45, 2.75) is 18.1 Å². The first-order valence-corrected chi connectivity index (χ1v) is 5.48. The molecule has 9 heteroatoms. The van der Waals surface area contributed by atoms with E-state index in [9.17, 15) is 19.2 Å². The van der Waals surface area contributed by atoms with Crippen LogP contribution in [0.5, 0.6) is 0 Å². The Hall–Kier alpha value is -1.77. The molecule has 1 fully saturated rings. The molecule has 2 atom stereocenters. The molecule has 0 saturated carbocycles. The highest BCUT2D eigenvalue weighted by atomic mass is 32.2. The number of hydrogen-bond donors (Lipinski definition) is 2. The molecule has 0 amide bonds. The van der Waals surface area contributed by atoms with Crippen molar-refractivity contribution in [3.63, 3.8) is 0 Å². The molecule has 1 heterocycles. The lowest BCUT2D eigenvalue weighted by Gasteiger charge is -2.24. The molecule has 0 aliphatic carbocycles. The van der Waals surface area contributed by atoms with Crippen molar-refractivity contribution < 1.29 is 38.9 Å². The number of esters is 1. The second kappa shape index (κ2) is 4.62. The quantitative estimate of drug-likeness (QED) is 0.660. The zero-order valence-electron chi connectivity index (χ0n) is 8.54. The number of carboxylic acid groups (broad SMARTS) is 2. The van der Waals surface area contributed by atoms with Crippen molar-refractivity contribution in [3.05, 3.63) is 0 Å². The molecule has 1 aliphatic heterocycles. The Morgan fingerprint density at radius 2 is 2.06 bits per heavy atom. The Morgan fingerprint density at radius 3 is 2.47 bits per heavy atom. The van der Waals surface area contributed by atoms with Crippen LogP contribution >= 0.6 is 11.8 Å². The van der Waals surface area contributed by atoms with Crippen molar-refractivity contribution in [1.82, 2.24) is 0 Å². The first-order valence-electron chi connectivity index (χ1n) is 4.26. The average molecular weight is 264 g/mol. The summed E-state index contributed by atoms with van der Waals surface area (Å²) in [5.41, 5.74) is -2.50. The van der Waals surface area contributed by atoms with E-state index in [1.807, 2.05) is 0 Å². The Balaban J connectivity index is 3.12. The number of thioether (sulfide) groups is 1. The van der Waals surface area contributed by atoms with E-state index >= 15 is 0 Å². The Bertz CT molecular complexity index is 391. The Kier molecular flexibility index (Phi) is 3.61. The highest BCUT2D eigenvalue weighted by Gasteiger charge is 2.62. The summed E-state index contributed by atoms with van der Waals surface area (Å²) in [4.78, 5) is 43.9. The lowest BCUT2D eigenvalue weighted by atomic mass is 9.95. The summed E-state index contributed by atoms with van der Waals surface area (Å²) >= 11 is 0.558. The maximum Gasteiger partial charge on any atom is 0.368 e. The monoisotopic (exact) mass is 264 g/mol. The van der Waals surface area contributed by atoms with E-state index in [0.717, 1.165) is 0 Å². The van der Waals surface area contributed by atoms with E-state index in [-0.39, 0.29) is 0 Å². The molecule has 8 nitrogen and oxygen atoms in total. The first-order chi connectivity index (χ1) is 7.83. The van der Waals surface area contributed by atoms with Crippen molar-refractivity contribution in [2.75, 3.05) is 6.26 Å². The second-order valence-corrected chi connectivity index (χ2v) is 3.88. The van der Waals surface area contributed by atoms with E-state index in [4.69, 9.17) is 10.2 Å². The average Bonchev–Trinajstić information content (AvgIpc) is 2.56. The smallest absolute Gasteiger partial charge is 0.368 e. The SMILES string of the molecule is CSC(=O)O[C@]1(C(=O)O)CC(=O)O[C@@H]1C(=O)O. The van der Waals surface area contributed by atoms with Gasteiger partial charge < -0.3 is 19.7 Å². The van der Waals surface area contributed by atoms with Crippen LogP contribution in [0.1, 0.15) is 6.42 Å². The molecule has 94 valence electrons. The summed E-state index contributed by atoms with van der Waals surface area (Å²) in [5, 5.41) is 16.7. The third-order valence-corrected chi connectivity index (χ3v) is 2.51. The normalized spacial score (nSPS) is 27.4. The highest BCUT2D eigenvalue weighted by molar-refractivity contribution is 8.12. The molecular weight excluding hydrogens is 256 g/mol. The van der Waals surface area contributed by atoms with Gasteiger partial charge in [0, 0.05) is 0 Å². The van der Waals surface area contributed by atoms with Gasteiger partial charge in [0.1, 0.15) is 6.42 Å². The third-order valence-electron chi connectivity index (χ3n) is 2.10. The standard InChI is InChI=1S/C8H8O8S/c1-17-7(14)16-8(6(12)13)2-3(9)15-4(8)5(10)11/h4H,2H2,1H3,(H,10,11)(H,12,13)/t4-,8-/m1/s1. The van der Waals surface area contributed by atoms with Gasteiger partial charge in [0.05, 0.1) is 0 Å². The van der Waals surface area contributed by atoms with Crippen LogP contribution in [0, 0.1) is 0 Å². The van der Waals surface area contributed by atoms with Crippen molar-refractivity contribution in [2.24, 2.45) is 0 Å². The molecule has 0 unspecified atom stereocenters. The predicted octanol–water partition coefficient (Wildman–Crippen LogP) is -0.291. The lowest BCUT2D eigenvalue weighted by Crippen LogP contribution is -2.52. The summed E-state index contributed by atoms with van der Waals surface area (Å²) in [6, 6.07) is 0. The van der Waals surface area contributed by atoms with E-state index in [1.54, 1.807) is 0 Å². The maximum atomic E-state index is 11.1. The molecule has 0 aromatic carbocycles. The molecule has 0 spiro atoms. The summed E-state index contributed by atoms with van der Waals surface area (Å²) in [5.74, 6) is -4.47. The molecule has 17 heavy (non-hydrogen) atoms. The fourth-order valence-corrected chi connectivity index (χ4v) is 1.57. The van der Waals surface area contributed by atoms with Gasteiger partial charge in [-0.25, -0.2) is 14.4 Å². The minimum absolute atomic E-state index is 0.558. The number of carbonyl (C=O) groups excluding carboxylic acids is 2. The summed E-state index contributed by atoms with van der Waals surface area (Å²) in [7, 11) is 0.